The fourth-order valence-corrected chi connectivity index (χ4v) is 3.56. The van der Waals surface area contributed by atoms with Gasteiger partial charge >= 0.3 is 6.03 Å². The zero-order valence-electron chi connectivity index (χ0n) is 16.1. The molecule has 1 atom stereocenters. The Morgan fingerprint density at radius 1 is 1.19 bits per heavy atom. The first kappa shape index (κ1) is 19.2. The zero-order chi connectivity index (χ0) is 19.1. The molecule has 0 aromatic heterocycles. The molecule has 1 aliphatic heterocycles. The summed E-state index contributed by atoms with van der Waals surface area (Å²) in [6.45, 7) is 4.50. The Labute approximate surface area is 161 Å². The first-order valence-electron chi connectivity index (χ1n) is 9.56. The lowest BCUT2D eigenvalue weighted by Gasteiger charge is -2.26. The minimum atomic E-state index is -0.0217. The summed E-state index contributed by atoms with van der Waals surface area (Å²) in [7, 11) is 1.66. The van der Waals surface area contributed by atoms with E-state index in [1.807, 2.05) is 54.3 Å². The van der Waals surface area contributed by atoms with Crippen molar-refractivity contribution < 1.29 is 14.3 Å². The summed E-state index contributed by atoms with van der Waals surface area (Å²) in [4.78, 5) is 14.8. The van der Waals surface area contributed by atoms with Crippen LogP contribution >= 0.6 is 0 Å². The second-order valence-electron chi connectivity index (χ2n) is 6.69. The van der Waals surface area contributed by atoms with Crippen molar-refractivity contribution in [3.63, 3.8) is 0 Å². The summed E-state index contributed by atoms with van der Waals surface area (Å²) in [6, 6.07) is 16.1. The number of urea groups is 1. The summed E-state index contributed by atoms with van der Waals surface area (Å²) in [5, 5.41) is 3.09. The van der Waals surface area contributed by atoms with Crippen molar-refractivity contribution in [1.82, 2.24) is 10.2 Å². The number of carbonyl (C=O) groups excluding carboxylic acids is 1. The molecule has 0 radical (unpaired) electrons. The topological polar surface area (TPSA) is 50.8 Å². The number of hydrogen-bond donors (Lipinski definition) is 1. The fourth-order valence-electron chi connectivity index (χ4n) is 3.56. The Hall–Kier alpha value is -2.53. The maximum absolute atomic E-state index is 12.8. The Morgan fingerprint density at radius 3 is 2.78 bits per heavy atom. The van der Waals surface area contributed by atoms with Gasteiger partial charge in [-0.05, 0) is 48.6 Å². The van der Waals surface area contributed by atoms with Crippen molar-refractivity contribution in [2.75, 3.05) is 20.3 Å². The monoisotopic (exact) mass is 368 g/mol. The highest BCUT2D eigenvalue weighted by molar-refractivity contribution is 5.75. The third-order valence-electron chi connectivity index (χ3n) is 5.00. The molecule has 1 heterocycles. The molecule has 0 bridgehead atoms. The van der Waals surface area contributed by atoms with Crippen LogP contribution in [0, 0.1) is 0 Å². The van der Waals surface area contributed by atoms with Crippen molar-refractivity contribution in [2.24, 2.45) is 0 Å². The third kappa shape index (κ3) is 4.80. The number of rotatable bonds is 7. The quantitative estimate of drug-likeness (QED) is 0.794. The largest absolute Gasteiger partial charge is 0.497 e. The molecule has 5 nitrogen and oxygen atoms in total. The minimum Gasteiger partial charge on any atom is -0.497 e. The van der Waals surface area contributed by atoms with Gasteiger partial charge in [-0.2, -0.15) is 0 Å². The predicted molar refractivity (Wildman–Crippen MR) is 106 cm³/mol. The van der Waals surface area contributed by atoms with Crippen LogP contribution in [0.25, 0.3) is 0 Å². The van der Waals surface area contributed by atoms with Crippen LogP contribution in [0.4, 0.5) is 4.79 Å². The van der Waals surface area contributed by atoms with E-state index in [9.17, 15) is 4.79 Å². The number of nitrogens with zero attached hydrogens (tertiary/aromatic N) is 1. The molecular formula is C22H28N2O3. The van der Waals surface area contributed by atoms with E-state index in [-0.39, 0.29) is 12.1 Å². The second-order valence-corrected chi connectivity index (χ2v) is 6.69. The average Bonchev–Trinajstić information content (AvgIpc) is 3.21. The lowest BCUT2D eigenvalue weighted by molar-refractivity contribution is 0.133. The van der Waals surface area contributed by atoms with Gasteiger partial charge in [0.25, 0.3) is 0 Å². The van der Waals surface area contributed by atoms with Gasteiger partial charge in [-0.3, -0.25) is 0 Å². The molecule has 3 rings (SSSR count). The van der Waals surface area contributed by atoms with Crippen LogP contribution in [0.15, 0.2) is 48.5 Å². The highest BCUT2D eigenvalue weighted by Crippen LogP contribution is 2.33. The predicted octanol–water partition coefficient (Wildman–Crippen LogP) is 4.28. The van der Waals surface area contributed by atoms with Crippen LogP contribution in [0.3, 0.4) is 0 Å². The van der Waals surface area contributed by atoms with Crippen LogP contribution in [0.5, 0.6) is 5.75 Å². The molecule has 0 unspecified atom stereocenters. The van der Waals surface area contributed by atoms with E-state index in [1.54, 1.807) is 7.11 Å². The lowest BCUT2D eigenvalue weighted by Crippen LogP contribution is -2.39. The van der Waals surface area contributed by atoms with Crippen LogP contribution in [-0.2, 0) is 17.9 Å². The van der Waals surface area contributed by atoms with E-state index in [2.05, 4.69) is 11.4 Å². The molecule has 1 N–H and O–H groups in total. The van der Waals surface area contributed by atoms with E-state index in [4.69, 9.17) is 9.47 Å². The standard InChI is InChI=1S/C22H28N2O3/c1-3-27-16-19-9-5-4-8-18(19)15-23-22(25)24-13-7-12-21(24)17-10-6-11-20(14-17)26-2/h4-6,8-11,14,21H,3,7,12-13,15-16H2,1-2H3,(H,23,25)/t21-/m0/s1. The van der Waals surface area contributed by atoms with Gasteiger partial charge < -0.3 is 19.7 Å². The highest BCUT2D eigenvalue weighted by atomic mass is 16.5. The molecule has 2 aromatic rings. The van der Waals surface area contributed by atoms with Crippen molar-refractivity contribution >= 4 is 6.03 Å². The molecular weight excluding hydrogens is 340 g/mol. The van der Waals surface area contributed by atoms with E-state index in [1.165, 1.54) is 0 Å². The Kier molecular flexibility index (Phi) is 6.71. The maximum atomic E-state index is 12.8. The Morgan fingerprint density at radius 2 is 2.00 bits per heavy atom. The first-order valence-corrected chi connectivity index (χ1v) is 9.56. The summed E-state index contributed by atoms with van der Waals surface area (Å²) in [6.07, 6.45) is 1.98. The van der Waals surface area contributed by atoms with Gasteiger partial charge in [-0.1, -0.05) is 36.4 Å². The number of amides is 2. The fraction of sp³-hybridized carbons (Fsp3) is 0.409. The van der Waals surface area contributed by atoms with Crippen molar-refractivity contribution in [2.45, 2.75) is 39.0 Å². The van der Waals surface area contributed by atoms with E-state index in [0.717, 1.165) is 41.8 Å². The molecule has 2 aromatic carbocycles. The smallest absolute Gasteiger partial charge is 0.318 e. The summed E-state index contributed by atoms with van der Waals surface area (Å²) in [5.74, 6) is 0.824. The van der Waals surface area contributed by atoms with E-state index in [0.29, 0.717) is 19.8 Å². The molecule has 0 spiro atoms. The van der Waals surface area contributed by atoms with E-state index < -0.39 is 0 Å². The van der Waals surface area contributed by atoms with Crippen LogP contribution in [0.1, 0.15) is 42.5 Å². The molecule has 27 heavy (non-hydrogen) atoms. The van der Waals surface area contributed by atoms with Gasteiger partial charge in [0.15, 0.2) is 0 Å². The highest BCUT2D eigenvalue weighted by Gasteiger charge is 2.30. The van der Waals surface area contributed by atoms with Gasteiger partial charge in [0, 0.05) is 19.7 Å². The SMILES string of the molecule is CCOCc1ccccc1CNC(=O)N1CCC[C@H]1c1cccc(OC)c1. The number of methoxy groups -OCH3 is 1. The average molecular weight is 368 g/mol. The number of likely N-dealkylation sites (tertiary alicyclic amines) is 1. The maximum Gasteiger partial charge on any atom is 0.318 e. The molecule has 1 aliphatic rings. The van der Waals surface area contributed by atoms with Crippen molar-refractivity contribution in [1.29, 1.82) is 0 Å². The molecule has 5 heteroatoms. The van der Waals surface area contributed by atoms with Crippen LogP contribution in [-0.4, -0.2) is 31.2 Å². The summed E-state index contributed by atoms with van der Waals surface area (Å²) in [5.41, 5.74) is 3.33. The molecule has 2 amide bonds. The van der Waals surface area contributed by atoms with Crippen molar-refractivity contribution in [3.05, 3.63) is 65.2 Å². The Balaban J connectivity index is 1.65. The molecule has 0 aliphatic carbocycles. The number of hydrogen-bond acceptors (Lipinski definition) is 3. The summed E-state index contributed by atoms with van der Waals surface area (Å²) < 4.78 is 10.9. The van der Waals surface area contributed by atoms with Gasteiger partial charge in [-0.25, -0.2) is 4.79 Å². The zero-order valence-corrected chi connectivity index (χ0v) is 16.1. The minimum absolute atomic E-state index is 0.0217. The van der Waals surface area contributed by atoms with Gasteiger partial charge in [0.1, 0.15) is 5.75 Å². The van der Waals surface area contributed by atoms with E-state index >= 15 is 0 Å². The van der Waals surface area contributed by atoms with Crippen LogP contribution in [0.2, 0.25) is 0 Å². The Bertz CT molecular complexity index is 763. The molecule has 0 saturated carbocycles. The molecule has 1 fully saturated rings. The molecule has 1 saturated heterocycles. The normalized spacial score (nSPS) is 16.4. The number of carbonyl (C=O) groups is 1. The third-order valence-corrected chi connectivity index (χ3v) is 5.00. The number of ether oxygens (including phenoxy) is 2. The lowest BCUT2D eigenvalue weighted by atomic mass is 10.0. The van der Waals surface area contributed by atoms with Gasteiger partial charge in [0.2, 0.25) is 0 Å². The van der Waals surface area contributed by atoms with Crippen LogP contribution < -0.4 is 10.1 Å². The first-order chi connectivity index (χ1) is 13.2. The summed E-state index contributed by atoms with van der Waals surface area (Å²) >= 11 is 0. The van der Waals surface area contributed by atoms with Crippen molar-refractivity contribution in [3.8, 4) is 5.75 Å². The second kappa shape index (κ2) is 9.42. The number of nitrogens with one attached hydrogen (secondary N) is 1. The van der Waals surface area contributed by atoms with Gasteiger partial charge in [-0.15, -0.1) is 0 Å². The molecule has 144 valence electrons. The van der Waals surface area contributed by atoms with Gasteiger partial charge in [0.05, 0.1) is 19.8 Å². The number of benzene rings is 2.